The maximum atomic E-state index is 6.07. The van der Waals surface area contributed by atoms with Crippen molar-refractivity contribution in [1.29, 1.82) is 0 Å². The molecule has 0 unspecified atom stereocenters. The summed E-state index contributed by atoms with van der Waals surface area (Å²) >= 11 is 6.07. The van der Waals surface area contributed by atoms with E-state index < -0.39 is 0 Å². The van der Waals surface area contributed by atoms with E-state index >= 15 is 0 Å². The van der Waals surface area contributed by atoms with E-state index in [0.717, 1.165) is 5.69 Å². The number of para-hydroxylation sites is 1. The molecule has 5 heteroatoms. The molecule has 4 nitrogen and oxygen atoms in total. The highest BCUT2D eigenvalue weighted by atomic mass is 35.5. The van der Waals surface area contributed by atoms with Crippen LogP contribution in [-0.4, -0.2) is 9.97 Å². The van der Waals surface area contributed by atoms with Crippen molar-refractivity contribution in [3.05, 3.63) is 41.0 Å². The number of anilines is 3. The van der Waals surface area contributed by atoms with Gasteiger partial charge < -0.3 is 11.1 Å². The minimum atomic E-state index is 0.0225. The predicted octanol–water partition coefficient (Wildman–Crippen LogP) is 3.75. The molecule has 0 aliphatic heterocycles. The molecule has 1 heterocycles. The van der Waals surface area contributed by atoms with E-state index in [0.29, 0.717) is 10.8 Å². The Bertz CT molecular complexity index is 590. The number of halogens is 1. The summed E-state index contributed by atoms with van der Waals surface area (Å²) in [6, 6.07) is 8.06. The van der Waals surface area contributed by atoms with Gasteiger partial charge in [0.25, 0.3) is 0 Å². The summed E-state index contributed by atoms with van der Waals surface area (Å²) in [5, 5.41) is 3.67. The molecule has 0 bridgehead atoms. The zero-order chi connectivity index (χ0) is 14.0. The van der Waals surface area contributed by atoms with Gasteiger partial charge in [-0.1, -0.05) is 50.6 Å². The Hall–Kier alpha value is -1.81. The number of nitrogens with two attached hydrogens (primary N) is 1. The van der Waals surface area contributed by atoms with Crippen LogP contribution in [0.3, 0.4) is 0 Å². The van der Waals surface area contributed by atoms with Crippen molar-refractivity contribution < 1.29 is 0 Å². The van der Waals surface area contributed by atoms with Crippen molar-refractivity contribution in [2.75, 3.05) is 11.1 Å². The van der Waals surface area contributed by atoms with Crippen LogP contribution in [0.5, 0.6) is 0 Å². The summed E-state index contributed by atoms with van der Waals surface area (Å²) in [6.07, 6.45) is 1.49. The molecule has 0 saturated carbocycles. The van der Waals surface area contributed by atoms with Gasteiger partial charge in [0.1, 0.15) is 5.02 Å². The molecule has 2 aromatic rings. The number of nitrogen functional groups attached to an aromatic ring is 1. The van der Waals surface area contributed by atoms with Gasteiger partial charge in [0.15, 0.2) is 5.82 Å². The maximum Gasteiger partial charge on any atom is 0.222 e. The highest BCUT2D eigenvalue weighted by Gasteiger charge is 2.18. The molecule has 3 N–H and O–H groups in total. The Balaban J connectivity index is 2.41. The first kappa shape index (κ1) is 13.6. The second-order valence-corrected chi connectivity index (χ2v) is 5.75. The molecule has 0 radical (unpaired) electrons. The highest BCUT2D eigenvalue weighted by Crippen LogP contribution is 2.32. The Morgan fingerprint density at radius 2 is 1.89 bits per heavy atom. The fourth-order valence-electron chi connectivity index (χ4n) is 1.84. The SMILES string of the molecule is CC(C)(C)c1ccccc1Nc1nc(N)ncc1Cl. The first-order valence-corrected chi connectivity index (χ1v) is 6.40. The molecule has 1 aromatic carbocycles. The van der Waals surface area contributed by atoms with Crippen LogP contribution >= 0.6 is 11.6 Å². The van der Waals surface area contributed by atoms with Crippen LogP contribution in [0.2, 0.25) is 5.02 Å². The van der Waals surface area contributed by atoms with Gasteiger partial charge in [-0.3, -0.25) is 0 Å². The number of benzene rings is 1. The molecule has 19 heavy (non-hydrogen) atoms. The van der Waals surface area contributed by atoms with Crippen LogP contribution in [0.15, 0.2) is 30.5 Å². The predicted molar refractivity (Wildman–Crippen MR) is 79.9 cm³/mol. The molecule has 0 saturated heterocycles. The van der Waals surface area contributed by atoms with E-state index in [1.165, 1.54) is 11.8 Å². The Morgan fingerprint density at radius 1 is 1.21 bits per heavy atom. The lowest BCUT2D eigenvalue weighted by atomic mass is 9.86. The number of rotatable bonds is 2. The van der Waals surface area contributed by atoms with Crippen LogP contribution in [-0.2, 0) is 5.41 Å². The number of aromatic nitrogens is 2. The van der Waals surface area contributed by atoms with Crippen molar-refractivity contribution in [3.63, 3.8) is 0 Å². The van der Waals surface area contributed by atoms with E-state index in [9.17, 15) is 0 Å². The Morgan fingerprint density at radius 3 is 2.58 bits per heavy atom. The number of hydrogen-bond donors (Lipinski definition) is 2. The van der Waals surface area contributed by atoms with E-state index in [-0.39, 0.29) is 11.4 Å². The molecule has 0 spiro atoms. The molecule has 1 aromatic heterocycles. The third-order valence-corrected chi connectivity index (χ3v) is 3.03. The van der Waals surface area contributed by atoms with E-state index in [1.807, 2.05) is 18.2 Å². The van der Waals surface area contributed by atoms with E-state index in [1.54, 1.807) is 0 Å². The van der Waals surface area contributed by atoms with Crippen molar-refractivity contribution in [1.82, 2.24) is 9.97 Å². The lowest BCUT2D eigenvalue weighted by Gasteiger charge is -2.23. The van der Waals surface area contributed by atoms with Crippen LogP contribution < -0.4 is 11.1 Å². The third kappa shape index (κ3) is 3.15. The first-order valence-electron chi connectivity index (χ1n) is 6.02. The topological polar surface area (TPSA) is 63.8 Å². The molecule has 100 valence electrons. The van der Waals surface area contributed by atoms with Crippen molar-refractivity contribution in [2.24, 2.45) is 0 Å². The number of nitrogens with one attached hydrogen (secondary N) is 1. The smallest absolute Gasteiger partial charge is 0.222 e. The fraction of sp³-hybridized carbons (Fsp3) is 0.286. The van der Waals surface area contributed by atoms with Gasteiger partial charge in [-0.2, -0.15) is 4.98 Å². The second kappa shape index (κ2) is 5.05. The lowest BCUT2D eigenvalue weighted by Crippen LogP contribution is -2.14. The van der Waals surface area contributed by atoms with Gasteiger partial charge in [-0.05, 0) is 17.0 Å². The van der Waals surface area contributed by atoms with Crippen molar-refractivity contribution in [3.8, 4) is 0 Å². The third-order valence-electron chi connectivity index (χ3n) is 2.75. The number of nitrogens with zero attached hydrogens (tertiary/aromatic N) is 2. The van der Waals surface area contributed by atoms with Gasteiger partial charge in [0, 0.05) is 5.69 Å². The van der Waals surface area contributed by atoms with E-state index in [4.69, 9.17) is 17.3 Å². The molecule has 0 aliphatic rings. The van der Waals surface area contributed by atoms with Gasteiger partial charge in [0.2, 0.25) is 5.95 Å². The zero-order valence-corrected chi connectivity index (χ0v) is 12.0. The summed E-state index contributed by atoms with van der Waals surface area (Å²) in [7, 11) is 0. The fourth-order valence-corrected chi connectivity index (χ4v) is 1.98. The van der Waals surface area contributed by atoms with Gasteiger partial charge in [-0.15, -0.1) is 0 Å². The molecule has 0 aliphatic carbocycles. The number of hydrogen-bond acceptors (Lipinski definition) is 4. The van der Waals surface area contributed by atoms with E-state index in [2.05, 4.69) is 42.1 Å². The molecular weight excluding hydrogens is 260 g/mol. The van der Waals surface area contributed by atoms with Crippen LogP contribution in [0.4, 0.5) is 17.5 Å². The average Bonchev–Trinajstić information content (AvgIpc) is 2.33. The van der Waals surface area contributed by atoms with Gasteiger partial charge >= 0.3 is 0 Å². The first-order chi connectivity index (χ1) is 8.88. The summed E-state index contributed by atoms with van der Waals surface area (Å²) in [5.74, 6) is 0.714. The quantitative estimate of drug-likeness (QED) is 0.877. The Kier molecular flexibility index (Phi) is 3.62. The molecule has 0 fully saturated rings. The minimum Gasteiger partial charge on any atom is -0.368 e. The summed E-state index contributed by atoms with van der Waals surface area (Å²) in [5.41, 5.74) is 7.76. The second-order valence-electron chi connectivity index (χ2n) is 5.35. The van der Waals surface area contributed by atoms with Crippen LogP contribution in [0.25, 0.3) is 0 Å². The summed E-state index contributed by atoms with van der Waals surface area (Å²) in [4.78, 5) is 7.96. The van der Waals surface area contributed by atoms with Gasteiger partial charge in [-0.25, -0.2) is 4.98 Å². The molecule has 2 rings (SSSR count). The Labute approximate surface area is 118 Å². The zero-order valence-electron chi connectivity index (χ0n) is 11.2. The summed E-state index contributed by atoms with van der Waals surface area (Å²) < 4.78 is 0. The van der Waals surface area contributed by atoms with Crippen molar-refractivity contribution in [2.45, 2.75) is 26.2 Å². The molecule has 0 atom stereocenters. The maximum absolute atomic E-state index is 6.07. The monoisotopic (exact) mass is 276 g/mol. The minimum absolute atomic E-state index is 0.0225. The van der Waals surface area contributed by atoms with Crippen LogP contribution in [0.1, 0.15) is 26.3 Å². The molecular formula is C14H17ClN4. The molecule has 0 amide bonds. The normalized spacial score (nSPS) is 11.4. The highest BCUT2D eigenvalue weighted by molar-refractivity contribution is 6.32. The largest absolute Gasteiger partial charge is 0.368 e. The van der Waals surface area contributed by atoms with Crippen molar-refractivity contribution >= 4 is 29.1 Å². The standard InChI is InChI=1S/C14H17ClN4/c1-14(2,3)9-6-4-5-7-11(9)18-12-10(15)8-17-13(16)19-12/h4-8H,1-3H3,(H3,16,17,18,19). The van der Waals surface area contributed by atoms with Crippen LogP contribution in [0, 0.1) is 0 Å². The summed E-state index contributed by atoms with van der Waals surface area (Å²) in [6.45, 7) is 6.47. The average molecular weight is 277 g/mol. The van der Waals surface area contributed by atoms with Gasteiger partial charge in [0.05, 0.1) is 6.20 Å². The lowest BCUT2D eigenvalue weighted by molar-refractivity contribution is 0.592.